The van der Waals surface area contributed by atoms with Crippen molar-refractivity contribution in [3.8, 4) is 11.5 Å². The lowest BCUT2D eigenvalue weighted by atomic mass is 9.88. The largest absolute Gasteiger partial charge is 0.477 e. The molecule has 208 valence electrons. The van der Waals surface area contributed by atoms with E-state index in [2.05, 4.69) is 20.9 Å². The number of thiophene rings is 1. The average Bonchev–Trinajstić information content (AvgIpc) is 3.60. The summed E-state index contributed by atoms with van der Waals surface area (Å²) in [6.45, 7) is 3.37. The summed E-state index contributed by atoms with van der Waals surface area (Å²) >= 11 is 6.87. The van der Waals surface area contributed by atoms with E-state index in [1.165, 1.54) is 0 Å². The number of hydrogen-bond donors (Lipinski definition) is 1. The van der Waals surface area contributed by atoms with Crippen molar-refractivity contribution in [3.63, 3.8) is 0 Å². The predicted octanol–water partition coefficient (Wildman–Crippen LogP) is 5.62. The van der Waals surface area contributed by atoms with E-state index in [1.54, 1.807) is 18.3 Å². The predicted molar refractivity (Wildman–Crippen MR) is 146 cm³/mol. The van der Waals surface area contributed by atoms with Crippen molar-refractivity contribution in [3.05, 3.63) is 69.3 Å². The lowest BCUT2D eigenvalue weighted by Gasteiger charge is -2.33. The van der Waals surface area contributed by atoms with Gasteiger partial charge in [-0.3, -0.25) is 9.88 Å². The Kier molecular flexibility index (Phi) is 6.62. The Morgan fingerprint density at radius 3 is 2.70 bits per heavy atom. The van der Waals surface area contributed by atoms with Gasteiger partial charge in [-0.2, -0.15) is 0 Å². The molecule has 0 amide bonds. The van der Waals surface area contributed by atoms with Crippen molar-refractivity contribution in [1.82, 2.24) is 19.4 Å². The fourth-order valence-electron chi connectivity index (χ4n) is 5.66. The molecule has 7 rings (SSSR count). The summed E-state index contributed by atoms with van der Waals surface area (Å²) in [5, 5.41) is 9.94. The molecule has 2 fully saturated rings. The number of pyridine rings is 1. The zero-order valence-corrected chi connectivity index (χ0v) is 23.0. The molecule has 3 aromatic heterocycles. The van der Waals surface area contributed by atoms with Crippen LogP contribution >= 0.6 is 22.9 Å². The number of carbonyl (C=O) groups is 1. The molecule has 12 heteroatoms. The molecular weight excluding hydrogens is 559 g/mol. The molecule has 0 bridgehead atoms. The first-order chi connectivity index (χ1) is 19.4. The van der Waals surface area contributed by atoms with E-state index >= 15 is 4.39 Å². The van der Waals surface area contributed by atoms with E-state index < -0.39 is 18.1 Å². The molecule has 1 aromatic carbocycles. The van der Waals surface area contributed by atoms with E-state index in [0.29, 0.717) is 46.9 Å². The zero-order chi connectivity index (χ0) is 27.4. The summed E-state index contributed by atoms with van der Waals surface area (Å²) in [6.07, 6.45) is 3.69. The molecule has 3 aliphatic rings. The first-order valence-corrected chi connectivity index (χ1v) is 14.5. The molecule has 0 spiro atoms. The number of aromatic nitrogens is 3. The maximum absolute atomic E-state index is 15.1. The SMILES string of the molecule is O=C(O)c1sc2nc(CN3CCC(c4cccc5c4OC(c4ccc(Cl)cn4)O5)CC3)n(C[C@@H]3CCO3)c2c1F. The van der Waals surface area contributed by atoms with Gasteiger partial charge in [0.2, 0.25) is 0 Å². The van der Waals surface area contributed by atoms with Gasteiger partial charge >= 0.3 is 5.97 Å². The monoisotopic (exact) mass is 584 g/mol. The molecule has 1 N–H and O–H groups in total. The fraction of sp³-hybridized carbons (Fsp3) is 0.393. The van der Waals surface area contributed by atoms with Crippen LogP contribution in [0.4, 0.5) is 4.39 Å². The Morgan fingerprint density at radius 1 is 1.18 bits per heavy atom. The number of hydrogen-bond acceptors (Lipinski definition) is 8. The Balaban J connectivity index is 1.06. The molecular formula is C28H26ClFN4O5S. The number of nitrogens with zero attached hydrogens (tertiary/aromatic N) is 4. The number of fused-ring (bicyclic) bond motifs is 2. The summed E-state index contributed by atoms with van der Waals surface area (Å²) < 4.78 is 34.8. The second-order valence-electron chi connectivity index (χ2n) is 10.3. The van der Waals surface area contributed by atoms with Gasteiger partial charge in [-0.05, 0) is 56.5 Å². The second kappa shape index (κ2) is 10.3. The van der Waals surface area contributed by atoms with Gasteiger partial charge < -0.3 is 23.9 Å². The number of imidazole rings is 1. The highest BCUT2D eigenvalue weighted by molar-refractivity contribution is 7.20. The van der Waals surface area contributed by atoms with Crippen molar-refractivity contribution in [2.24, 2.45) is 0 Å². The quantitative estimate of drug-likeness (QED) is 0.299. The van der Waals surface area contributed by atoms with E-state index in [4.69, 9.17) is 25.8 Å². The third kappa shape index (κ3) is 4.60. The van der Waals surface area contributed by atoms with Crippen molar-refractivity contribution in [1.29, 1.82) is 0 Å². The molecule has 2 atom stereocenters. The topological polar surface area (TPSA) is 98.9 Å². The minimum Gasteiger partial charge on any atom is -0.477 e. The molecule has 9 nitrogen and oxygen atoms in total. The number of halogens is 2. The number of para-hydroxylation sites is 1. The molecule has 1 unspecified atom stereocenters. The van der Waals surface area contributed by atoms with E-state index in [0.717, 1.165) is 60.8 Å². The first kappa shape index (κ1) is 25.7. The number of rotatable bonds is 7. The van der Waals surface area contributed by atoms with Crippen LogP contribution in [0.25, 0.3) is 10.3 Å². The molecule has 0 aliphatic carbocycles. The van der Waals surface area contributed by atoms with Crippen LogP contribution in [0.2, 0.25) is 5.02 Å². The normalized spacial score (nSPS) is 21.1. The number of carboxylic acid groups (broad SMARTS) is 1. The molecule has 0 saturated carbocycles. The van der Waals surface area contributed by atoms with Gasteiger partial charge in [0.1, 0.15) is 21.9 Å². The van der Waals surface area contributed by atoms with E-state index in [-0.39, 0.29) is 16.5 Å². The maximum atomic E-state index is 15.1. The molecule has 6 heterocycles. The number of ether oxygens (including phenoxy) is 3. The van der Waals surface area contributed by atoms with Crippen molar-refractivity contribution in [2.75, 3.05) is 19.7 Å². The van der Waals surface area contributed by atoms with Gasteiger partial charge in [0.15, 0.2) is 22.2 Å². The molecule has 0 radical (unpaired) electrons. The summed E-state index contributed by atoms with van der Waals surface area (Å²) in [5.41, 5.74) is 2.06. The van der Waals surface area contributed by atoms with Gasteiger partial charge in [-0.1, -0.05) is 23.7 Å². The van der Waals surface area contributed by atoms with Crippen molar-refractivity contribution < 1.29 is 28.5 Å². The van der Waals surface area contributed by atoms with Crippen LogP contribution in [-0.4, -0.2) is 56.3 Å². The number of likely N-dealkylation sites (tertiary alicyclic amines) is 1. The van der Waals surface area contributed by atoms with E-state index in [9.17, 15) is 9.90 Å². The smallest absolute Gasteiger partial charge is 0.349 e. The number of carboxylic acids is 1. The van der Waals surface area contributed by atoms with Gasteiger partial charge in [0, 0.05) is 18.4 Å². The fourth-order valence-corrected chi connectivity index (χ4v) is 6.69. The van der Waals surface area contributed by atoms with Gasteiger partial charge in [-0.15, -0.1) is 11.3 Å². The third-order valence-corrected chi connectivity index (χ3v) is 9.11. The Hall–Kier alpha value is -3.25. The lowest BCUT2D eigenvalue weighted by Crippen LogP contribution is -2.35. The Morgan fingerprint density at radius 2 is 2.00 bits per heavy atom. The highest BCUT2D eigenvalue weighted by Crippen LogP contribution is 2.47. The summed E-state index contributed by atoms with van der Waals surface area (Å²) in [6, 6.07) is 9.58. The number of aromatic carboxylic acids is 1. The molecule has 2 saturated heterocycles. The summed E-state index contributed by atoms with van der Waals surface area (Å²) in [4.78, 5) is 22.9. The highest BCUT2D eigenvalue weighted by Gasteiger charge is 2.33. The number of benzene rings is 1. The summed E-state index contributed by atoms with van der Waals surface area (Å²) in [7, 11) is 0. The highest BCUT2D eigenvalue weighted by atomic mass is 35.5. The Labute approximate surface area is 238 Å². The standard InChI is InChI=1S/C28H26ClFN4O5S/c29-16-4-5-19(31-12-16)28-38-20-3-1-2-18(24(20)39-28)15-6-9-33(10-7-15)14-21-32-26-23(22(30)25(40-26)27(35)36)34(21)13-17-8-11-37-17/h1-5,12,15,17,28H,6-11,13-14H2,(H,35,36)/t17-,28?/m0/s1. The van der Waals surface area contributed by atoms with Gasteiger partial charge in [0.05, 0.1) is 24.2 Å². The molecule has 40 heavy (non-hydrogen) atoms. The van der Waals surface area contributed by atoms with Crippen LogP contribution < -0.4 is 9.47 Å². The van der Waals surface area contributed by atoms with Crippen LogP contribution in [0.1, 0.15) is 58.2 Å². The van der Waals surface area contributed by atoms with Gasteiger partial charge in [-0.25, -0.2) is 14.2 Å². The van der Waals surface area contributed by atoms with Crippen LogP contribution in [0.15, 0.2) is 36.5 Å². The van der Waals surface area contributed by atoms with Crippen LogP contribution in [-0.2, 0) is 17.8 Å². The lowest BCUT2D eigenvalue weighted by molar-refractivity contribution is -0.0592. The third-order valence-electron chi connectivity index (χ3n) is 7.85. The minimum atomic E-state index is -1.27. The van der Waals surface area contributed by atoms with Gasteiger partial charge in [0.25, 0.3) is 6.29 Å². The Bertz CT molecular complexity index is 1580. The van der Waals surface area contributed by atoms with Crippen LogP contribution in [0.3, 0.4) is 0 Å². The summed E-state index contributed by atoms with van der Waals surface area (Å²) in [5.74, 6) is 0.536. The first-order valence-electron chi connectivity index (χ1n) is 13.3. The number of piperidine rings is 1. The molecule has 4 aromatic rings. The maximum Gasteiger partial charge on any atom is 0.349 e. The van der Waals surface area contributed by atoms with Crippen molar-refractivity contribution in [2.45, 2.75) is 50.7 Å². The second-order valence-corrected chi connectivity index (χ2v) is 11.8. The van der Waals surface area contributed by atoms with E-state index in [1.807, 2.05) is 16.7 Å². The molecule has 3 aliphatic heterocycles. The van der Waals surface area contributed by atoms with Crippen LogP contribution in [0.5, 0.6) is 11.5 Å². The average molecular weight is 585 g/mol. The zero-order valence-electron chi connectivity index (χ0n) is 21.4. The van der Waals surface area contributed by atoms with Crippen molar-refractivity contribution >= 4 is 39.3 Å². The van der Waals surface area contributed by atoms with Crippen LogP contribution in [0, 0.1) is 5.82 Å². The minimum absolute atomic E-state index is 0.0104.